The molecule has 3 unspecified atom stereocenters. The highest BCUT2D eigenvalue weighted by molar-refractivity contribution is 6.22. The summed E-state index contributed by atoms with van der Waals surface area (Å²) in [6, 6.07) is 5.18. The van der Waals surface area contributed by atoms with Gasteiger partial charge in [-0.3, -0.25) is 19.2 Å². The lowest BCUT2D eigenvalue weighted by Crippen LogP contribution is -2.41. The van der Waals surface area contributed by atoms with Gasteiger partial charge in [-0.2, -0.15) is 0 Å². The smallest absolute Gasteiger partial charge is 0.312 e. The van der Waals surface area contributed by atoms with Gasteiger partial charge in [-0.05, 0) is 76.1 Å². The molecule has 4 heterocycles. The Balaban J connectivity index is 1.57. The highest BCUT2D eigenvalue weighted by Crippen LogP contribution is 2.51. The van der Waals surface area contributed by atoms with Gasteiger partial charge < -0.3 is 38.7 Å². The van der Waals surface area contributed by atoms with E-state index in [2.05, 4.69) is 31.4 Å². The molecular formula is C46H53N3O10. The van der Waals surface area contributed by atoms with Crippen LogP contribution in [-0.4, -0.2) is 60.3 Å². The van der Waals surface area contributed by atoms with Crippen molar-refractivity contribution in [3.63, 3.8) is 0 Å². The van der Waals surface area contributed by atoms with Gasteiger partial charge in [0.05, 0.1) is 17.2 Å². The lowest BCUT2D eigenvalue weighted by atomic mass is 9.86. The highest BCUT2D eigenvalue weighted by atomic mass is 16.7. The molecule has 59 heavy (non-hydrogen) atoms. The van der Waals surface area contributed by atoms with Crippen LogP contribution in [0.15, 0.2) is 63.6 Å². The van der Waals surface area contributed by atoms with Gasteiger partial charge in [0.1, 0.15) is 53.0 Å². The summed E-state index contributed by atoms with van der Waals surface area (Å²) < 4.78 is 38.2. The third-order valence-corrected chi connectivity index (χ3v) is 11.2. The van der Waals surface area contributed by atoms with Crippen molar-refractivity contribution in [2.75, 3.05) is 25.0 Å². The molecule has 4 aliphatic heterocycles. The molecule has 2 N–H and O–H groups in total. The van der Waals surface area contributed by atoms with Gasteiger partial charge in [-0.15, -0.1) is 0 Å². The maximum absolute atomic E-state index is 15.3. The molecule has 1 aliphatic carbocycles. The minimum Gasteiger partial charge on any atom is -0.492 e. The summed E-state index contributed by atoms with van der Waals surface area (Å²) in [4.78, 5) is 61.8. The maximum Gasteiger partial charge on any atom is 0.312 e. The summed E-state index contributed by atoms with van der Waals surface area (Å²) in [5.41, 5.74) is 0.733. The third kappa shape index (κ3) is 8.17. The van der Waals surface area contributed by atoms with E-state index in [9.17, 15) is 14.4 Å². The zero-order valence-corrected chi connectivity index (χ0v) is 35.0. The summed E-state index contributed by atoms with van der Waals surface area (Å²) in [7, 11) is 0. The standard InChI is InChI=1S/C46H53N3O10/c1-9-17-47-18-20-54-30-15-16-31-32(23-30)57-43-37(48-31)34-35-39(51)38(43)49-45(53)27(5)13-10-12-24(2)21-25(3)22-33-40(56-29(7)50)26(4)14-11-19-55-46(8)44(52)36(34)42(59-46)28(6)41(35)58-33/h10-13,15-16,19,23-26,33,40,47H,9,14,17-18,20-22H2,1-8H3,(H,49,53)/b12-10+,19-11+,27-13-/t24?,25-,26-,33?,40?,46+/m1/s1. The lowest BCUT2D eigenvalue weighted by molar-refractivity contribution is -0.155. The number of anilines is 1. The average Bonchev–Trinajstić information content (AvgIpc) is 3.45. The number of hydrogen-bond donors (Lipinski definition) is 2. The Morgan fingerprint density at radius 1 is 1.07 bits per heavy atom. The van der Waals surface area contributed by atoms with Crippen LogP contribution < -0.4 is 30.3 Å². The van der Waals surface area contributed by atoms with Crippen LogP contribution in [0.1, 0.15) is 90.1 Å². The van der Waals surface area contributed by atoms with Gasteiger partial charge in [0.15, 0.2) is 11.3 Å². The summed E-state index contributed by atoms with van der Waals surface area (Å²) in [5, 5.41) is 6.26. The zero-order chi connectivity index (χ0) is 42.2. The van der Waals surface area contributed by atoms with Gasteiger partial charge in [0.2, 0.25) is 5.43 Å². The first-order valence-corrected chi connectivity index (χ1v) is 20.5. The number of carbonyl (C=O) groups excluding carboxylic acids is 3. The molecule has 7 rings (SSSR count). The number of aromatic nitrogens is 1. The number of ether oxygens (including phenoxy) is 5. The second kappa shape index (κ2) is 16.9. The molecule has 6 bridgehead atoms. The molecule has 13 heteroatoms. The molecule has 2 aromatic carbocycles. The molecule has 0 saturated carbocycles. The molecule has 6 atom stereocenters. The number of amides is 1. The fourth-order valence-corrected chi connectivity index (χ4v) is 8.25. The molecule has 0 saturated heterocycles. The van der Waals surface area contributed by atoms with Crippen LogP contribution in [0, 0.1) is 24.7 Å². The van der Waals surface area contributed by atoms with E-state index in [4.69, 9.17) is 33.1 Å². The van der Waals surface area contributed by atoms with Crippen LogP contribution in [-0.2, 0) is 19.1 Å². The number of benzene rings is 3. The number of hydrogen-bond acceptors (Lipinski definition) is 12. The van der Waals surface area contributed by atoms with E-state index in [1.165, 1.54) is 20.1 Å². The number of allylic oxidation sites excluding steroid dienone is 4. The molecule has 13 nitrogen and oxygen atoms in total. The molecule has 0 fully saturated rings. The molecule has 2 aromatic rings. The van der Waals surface area contributed by atoms with Crippen LogP contribution in [0.25, 0.3) is 33.3 Å². The van der Waals surface area contributed by atoms with Crippen molar-refractivity contribution >= 4 is 45.2 Å². The van der Waals surface area contributed by atoms with E-state index in [1.54, 1.807) is 44.2 Å². The second-order valence-corrected chi connectivity index (χ2v) is 16.3. The van der Waals surface area contributed by atoms with E-state index >= 15 is 4.79 Å². The van der Waals surface area contributed by atoms with E-state index in [1.807, 2.05) is 19.1 Å². The molecular weight excluding hydrogens is 755 g/mol. The topological polar surface area (TPSA) is 165 Å². The first kappa shape index (κ1) is 41.5. The van der Waals surface area contributed by atoms with Crippen molar-refractivity contribution < 1.29 is 42.5 Å². The Morgan fingerprint density at radius 3 is 2.63 bits per heavy atom. The van der Waals surface area contributed by atoms with Crippen molar-refractivity contribution in [1.29, 1.82) is 0 Å². The van der Waals surface area contributed by atoms with E-state index in [0.29, 0.717) is 48.4 Å². The summed E-state index contributed by atoms with van der Waals surface area (Å²) in [6.45, 7) is 16.4. The second-order valence-electron chi connectivity index (χ2n) is 16.3. The van der Waals surface area contributed by atoms with E-state index < -0.39 is 41.1 Å². The predicted octanol–water partition coefficient (Wildman–Crippen LogP) is 8.18. The van der Waals surface area contributed by atoms with Gasteiger partial charge in [0, 0.05) is 48.9 Å². The SMILES string of the molecule is CCCNCCOc1ccc2nc3c4c5c6c(C)c7c4c(=O)c(c-3oc2c1)NC(=O)/C(C)=C\C=C\C(C)C[C@@H](C)CC(O7)C(OC(C)=O)[C@H](C)C/C=C/O[C@@](C)(O6)C5=O. The summed E-state index contributed by atoms with van der Waals surface area (Å²) >= 11 is 0. The molecule has 0 spiro atoms. The van der Waals surface area contributed by atoms with Crippen molar-refractivity contribution in [2.24, 2.45) is 17.8 Å². The Labute approximate surface area is 343 Å². The largest absolute Gasteiger partial charge is 0.492 e. The van der Waals surface area contributed by atoms with E-state index in [0.717, 1.165) is 19.4 Å². The average molecular weight is 808 g/mol. The minimum atomic E-state index is -1.82. The van der Waals surface area contributed by atoms with Crippen molar-refractivity contribution in [2.45, 2.75) is 99.1 Å². The Kier molecular flexibility index (Phi) is 11.9. The van der Waals surface area contributed by atoms with Crippen molar-refractivity contribution in [1.82, 2.24) is 10.3 Å². The van der Waals surface area contributed by atoms with Crippen LogP contribution in [0.3, 0.4) is 0 Å². The fraction of sp³-hybridized carbons (Fsp3) is 0.457. The van der Waals surface area contributed by atoms with Crippen LogP contribution >= 0.6 is 0 Å². The third-order valence-electron chi connectivity index (χ3n) is 11.2. The minimum absolute atomic E-state index is 0.00620. The van der Waals surface area contributed by atoms with E-state index in [-0.39, 0.29) is 68.3 Å². The summed E-state index contributed by atoms with van der Waals surface area (Å²) in [6.07, 6.45) is 9.88. The number of ketones is 1. The van der Waals surface area contributed by atoms with Gasteiger partial charge in [0.25, 0.3) is 11.7 Å². The molecule has 5 aliphatic rings. The molecule has 0 aromatic heterocycles. The number of nitrogens with one attached hydrogen (secondary N) is 2. The molecule has 312 valence electrons. The highest BCUT2D eigenvalue weighted by Gasteiger charge is 2.50. The molecule has 0 radical (unpaired) electrons. The fourth-order valence-electron chi connectivity index (χ4n) is 8.25. The van der Waals surface area contributed by atoms with Gasteiger partial charge in [-0.1, -0.05) is 45.9 Å². The predicted molar refractivity (Wildman–Crippen MR) is 224 cm³/mol. The Morgan fingerprint density at radius 2 is 1.86 bits per heavy atom. The number of fused-ring (bicyclic) bond motifs is 8. The van der Waals surface area contributed by atoms with Gasteiger partial charge in [-0.25, -0.2) is 4.98 Å². The first-order valence-electron chi connectivity index (χ1n) is 20.5. The van der Waals surface area contributed by atoms with Crippen LogP contribution in [0.2, 0.25) is 0 Å². The quantitative estimate of drug-likeness (QED) is 0.0798. The summed E-state index contributed by atoms with van der Waals surface area (Å²) in [5.74, 6) is -2.73. The number of esters is 1. The lowest BCUT2D eigenvalue weighted by Gasteiger charge is -2.34. The zero-order valence-electron chi connectivity index (χ0n) is 35.0. The normalized spacial score (nSPS) is 26.6. The Bertz CT molecular complexity index is 2430. The van der Waals surface area contributed by atoms with Crippen molar-refractivity contribution in [3.05, 3.63) is 75.7 Å². The number of nitrogens with zero attached hydrogens (tertiary/aromatic N) is 1. The molecule has 1 amide bonds. The van der Waals surface area contributed by atoms with Crippen LogP contribution in [0.5, 0.6) is 17.2 Å². The maximum atomic E-state index is 15.3. The van der Waals surface area contributed by atoms with Crippen LogP contribution in [0.4, 0.5) is 5.69 Å². The number of Topliss-reactive ketones (excluding diaryl/α,β-unsaturated/α-hetero) is 1. The monoisotopic (exact) mass is 807 g/mol. The first-order chi connectivity index (χ1) is 28.2. The Hall–Kier alpha value is -5.69. The van der Waals surface area contributed by atoms with Gasteiger partial charge >= 0.3 is 11.8 Å². The number of carbonyl (C=O) groups is 3. The van der Waals surface area contributed by atoms with Crippen molar-refractivity contribution in [3.8, 4) is 28.7 Å². The number of rotatable bonds is 7.